The number of esters is 1. The van der Waals surface area contributed by atoms with Gasteiger partial charge in [-0.3, -0.25) is 19.2 Å². The first-order valence-corrected chi connectivity index (χ1v) is 13.1. The number of carbonyl (C=O) groups is 4. The summed E-state index contributed by atoms with van der Waals surface area (Å²) in [5.74, 6) is -0.625. The summed E-state index contributed by atoms with van der Waals surface area (Å²) in [6.45, 7) is 2.08. The minimum Gasteiger partial charge on any atom is -0.426 e. The van der Waals surface area contributed by atoms with Gasteiger partial charge in [-0.25, -0.2) is 4.90 Å². The Labute approximate surface area is 219 Å². The molecule has 4 fully saturated rings. The normalized spacial score (nSPS) is 33.1. The number of rotatable bonds is 4. The Hall–Kier alpha value is -3.45. The molecule has 188 valence electrons. The van der Waals surface area contributed by atoms with Crippen molar-refractivity contribution in [3.8, 4) is 5.75 Å². The first-order valence-electron chi connectivity index (χ1n) is 12.8. The van der Waals surface area contributed by atoms with E-state index in [1.54, 1.807) is 35.2 Å². The molecular formula is C29H25ClN2O5. The van der Waals surface area contributed by atoms with Gasteiger partial charge in [0.05, 0.1) is 23.4 Å². The molecule has 0 N–H and O–H groups in total. The second-order valence-corrected chi connectivity index (χ2v) is 11.3. The van der Waals surface area contributed by atoms with Crippen LogP contribution in [0.25, 0.3) is 0 Å². The lowest BCUT2D eigenvalue weighted by atomic mass is 9.63. The fourth-order valence-corrected chi connectivity index (χ4v) is 7.14. The number of carbonyl (C=O) groups excluding carboxylic acids is 4. The average Bonchev–Trinajstić information content (AvgIpc) is 3.56. The Bertz CT molecular complexity index is 1380. The minimum absolute atomic E-state index is 0.0363. The summed E-state index contributed by atoms with van der Waals surface area (Å²) >= 11 is 6.22. The zero-order valence-corrected chi connectivity index (χ0v) is 20.9. The quantitative estimate of drug-likeness (QED) is 0.264. The zero-order valence-electron chi connectivity index (χ0n) is 20.2. The maximum atomic E-state index is 13.4. The van der Waals surface area contributed by atoms with Crippen LogP contribution >= 0.6 is 11.6 Å². The SMILES string of the molecule is Cc1ccc(N2C[C@H](C(=O)Oc3cccc(N4C(=O)[C@@H]5[C@H]6C=C[C@@H]([C@@H]7C[C@H]67)[C@H]5C4=O)c3)CC2=O)cc1Cl. The van der Waals surface area contributed by atoms with Crippen LogP contribution in [0.3, 0.4) is 0 Å². The van der Waals surface area contributed by atoms with Gasteiger partial charge in [0.25, 0.3) is 0 Å². The Morgan fingerprint density at radius 3 is 2.32 bits per heavy atom. The molecular weight excluding hydrogens is 492 g/mol. The number of hydrogen-bond acceptors (Lipinski definition) is 5. The zero-order chi connectivity index (χ0) is 25.6. The highest BCUT2D eigenvalue weighted by molar-refractivity contribution is 6.31. The number of hydrogen-bond donors (Lipinski definition) is 0. The predicted molar refractivity (Wildman–Crippen MR) is 136 cm³/mol. The van der Waals surface area contributed by atoms with E-state index in [1.807, 2.05) is 19.1 Å². The maximum Gasteiger partial charge on any atom is 0.316 e. The maximum absolute atomic E-state index is 13.4. The van der Waals surface area contributed by atoms with Crippen molar-refractivity contribution < 1.29 is 23.9 Å². The summed E-state index contributed by atoms with van der Waals surface area (Å²) in [7, 11) is 0. The molecule has 4 aliphatic carbocycles. The van der Waals surface area contributed by atoms with Crippen LogP contribution in [0.5, 0.6) is 5.75 Å². The van der Waals surface area contributed by atoms with Crippen LogP contribution in [0.2, 0.25) is 5.02 Å². The number of aryl methyl sites for hydroxylation is 1. The van der Waals surface area contributed by atoms with Crippen LogP contribution in [0, 0.1) is 48.3 Å². The largest absolute Gasteiger partial charge is 0.426 e. The highest BCUT2D eigenvalue weighted by atomic mass is 35.5. The van der Waals surface area contributed by atoms with E-state index < -0.39 is 11.9 Å². The molecule has 8 heteroatoms. The molecule has 8 rings (SSSR count). The lowest BCUT2D eigenvalue weighted by molar-refractivity contribution is -0.139. The molecule has 0 unspecified atom stereocenters. The third-order valence-corrected chi connectivity index (χ3v) is 9.29. The molecule has 0 spiro atoms. The molecule has 7 atom stereocenters. The van der Waals surface area contributed by atoms with Crippen molar-refractivity contribution in [1.29, 1.82) is 0 Å². The predicted octanol–water partition coefficient (Wildman–Crippen LogP) is 4.16. The third-order valence-electron chi connectivity index (χ3n) is 8.88. The van der Waals surface area contributed by atoms with Gasteiger partial charge < -0.3 is 9.64 Å². The minimum atomic E-state index is -0.637. The monoisotopic (exact) mass is 516 g/mol. The van der Waals surface area contributed by atoms with Gasteiger partial charge in [-0.1, -0.05) is 35.9 Å². The van der Waals surface area contributed by atoms with E-state index in [1.165, 1.54) is 4.90 Å². The van der Waals surface area contributed by atoms with E-state index in [0.29, 0.717) is 28.2 Å². The summed E-state index contributed by atoms with van der Waals surface area (Å²) in [6, 6.07) is 11.9. The first-order chi connectivity index (χ1) is 17.8. The fourth-order valence-electron chi connectivity index (χ4n) is 6.96. The van der Waals surface area contributed by atoms with E-state index in [0.717, 1.165) is 12.0 Å². The molecule has 7 nitrogen and oxygen atoms in total. The van der Waals surface area contributed by atoms with Gasteiger partial charge in [0.15, 0.2) is 0 Å². The lowest BCUT2D eigenvalue weighted by Gasteiger charge is -2.37. The summed E-state index contributed by atoms with van der Waals surface area (Å²) in [5.41, 5.74) is 1.97. The van der Waals surface area contributed by atoms with Crippen LogP contribution in [0.4, 0.5) is 11.4 Å². The summed E-state index contributed by atoms with van der Waals surface area (Å²) in [4.78, 5) is 55.3. The van der Waals surface area contributed by atoms with Crippen molar-refractivity contribution in [2.75, 3.05) is 16.3 Å². The molecule has 0 radical (unpaired) electrons. The standard InChI is InChI=1S/C29H25ClN2O5/c1-14-5-6-16(11-23(14)30)31-13-15(9-24(31)33)29(36)37-18-4-2-3-17(10-18)32-27(34)25-19-7-8-20(22-12-21(19)22)26(25)28(32)35/h2-8,10-11,15,19-22,25-26H,9,12-13H2,1H3/t15-,19+,20+,21-,22+,25-,26-/m1/s1. The van der Waals surface area contributed by atoms with Crippen molar-refractivity contribution in [1.82, 2.24) is 0 Å². The first kappa shape index (κ1) is 22.7. The van der Waals surface area contributed by atoms with Gasteiger partial charge in [-0.2, -0.15) is 0 Å². The molecule has 2 saturated heterocycles. The molecule has 2 aliphatic heterocycles. The second kappa shape index (κ2) is 8.02. The van der Waals surface area contributed by atoms with Crippen LogP contribution in [0.1, 0.15) is 18.4 Å². The van der Waals surface area contributed by atoms with Gasteiger partial charge >= 0.3 is 5.97 Å². The molecule has 2 aromatic carbocycles. The number of ether oxygens (including phenoxy) is 1. The number of allylic oxidation sites excluding steroid dienone is 2. The van der Waals surface area contributed by atoms with Crippen molar-refractivity contribution in [3.63, 3.8) is 0 Å². The van der Waals surface area contributed by atoms with E-state index in [-0.39, 0.29) is 60.1 Å². The molecule has 2 aromatic rings. The molecule has 6 aliphatic rings. The number of amides is 3. The van der Waals surface area contributed by atoms with Gasteiger partial charge in [0, 0.05) is 29.7 Å². The van der Waals surface area contributed by atoms with Crippen LogP contribution in [0.15, 0.2) is 54.6 Å². The summed E-state index contributed by atoms with van der Waals surface area (Å²) < 4.78 is 5.64. The molecule has 37 heavy (non-hydrogen) atoms. The molecule has 0 aromatic heterocycles. The third kappa shape index (κ3) is 3.40. The smallest absolute Gasteiger partial charge is 0.316 e. The molecule has 2 bridgehead atoms. The average molecular weight is 517 g/mol. The molecule has 3 amide bonds. The number of imide groups is 1. The second-order valence-electron chi connectivity index (χ2n) is 10.9. The van der Waals surface area contributed by atoms with Gasteiger partial charge in [-0.05, 0) is 66.8 Å². The Morgan fingerprint density at radius 2 is 1.65 bits per heavy atom. The topological polar surface area (TPSA) is 84.0 Å². The van der Waals surface area contributed by atoms with E-state index in [4.69, 9.17) is 16.3 Å². The summed E-state index contributed by atoms with van der Waals surface area (Å²) in [6.07, 6.45) is 5.43. The van der Waals surface area contributed by atoms with Gasteiger partial charge in [0.1, 0.15) is 5.75 Å². The van der Waals surface area contributed by atoms with Gasteiger partial charge in [-0.15, -0.1) is 0 Å². The van der Waals surface area contributed by atoms with E-state index in [2.05, 4.69) is 12.2 Å². The molecule has 2 heterocycles. The van der Waals surface area contributed by atoms with Crippen molar-refractivity contribution in [3.05, 3.63) is 65.2 Å². The van der Waals surface area contributed by atoms with Crippen molar-refractivity contribution >= 4 is 46.7 Å². The van der Waals surface area contributed by atoms with E-state index >= 15 is 0 Å². The van der Waals surface area contributed by atoms with Crippen molar-refractivity contribution in [2.45, 2.75) is 19.8 Å². The van der Waals surface area contributed by atoms with Crippen molar-refractivity contribution in [2.24, 2.45) is 41.4 Å². The highest BCUT2D eigenvalue weighted by Crippen LogP contribution is 2.65. The Balaban J connectivity index is 1.07. The number of anilines is 2. The Kier molecular flexibility index (Phi) is 4.93. The molecule has 2 saturated carbocycles. The van der Waals surface area contributed by atoms with E-state index in [9.17, 15) is 19.2 Å². The Morgan fingerprint density at radius 1 is 0.946 bits per heavy atom. The lowest BCUT2D eigenvalue weighted by Crippen LogP contribution is -2.40. The highest BCUT2D eigenvalue weighted by Gasteiger charge is 2.67. The van der Waals surface area contributed by atoms with Gasteiger partial charge in [0.2, 0.25) is 17.7 Å². The van der Waals surface area contributed by atoms with Crippen LogP contribution in [-0.4, -0.2) is 30.2 Å². The summed E-state index contributed by atoms with van der Waals surface area (Å²) in [5, 5.41) is 0.555. The fraction of sp³-hybridized carbons (Fsp3) is 0.379. The number of benzene rings is 2. The number of nitrogens with zero attached hydrogens (tertiary/aromatic N) is 2. The van der Waals surface area contributed by atoms with Crippen LogP contribution in [-0.2, 0) is 19.2 Å². The number of halogens is 1. The van der Waals surface area contributed by atoms with Crippen LogP contribution < -0.4 is 14.5 Å².